The van der Waals surface area contributed by atoms with Crippen molar-refractivity contribution < 1.29 is 18.9 Å². The number of hydrogen-bond donors (Lipinski definition) is 1. The van der Waals surface area contributed by atoms with E-state index in [-0.39, 0.29) is 0 Å². The minimum absolute atomic E-state index is 0.404. The quantitative estimate of drug-likeness (QED) is 0.533. The van der Waals surface area contributed by atoms with Crippen LogP contribution in [0.1, 0.15) is 5.56 Å². The fraction of sp³-hybridized carbons (Fsp3) is 0.227. The van der Waals surface area contributed by atoms with E-state index in [1.165, 1.54) is 0 Å². The Kier molecular flexibility index (Phi) is 6.95. The van der Waals surface area contributed by atoms with Crippen molar-refractivity contribution >= 4 is 5.82 Å². The molecule has 3 rings (SSSR count). The van der Waals surface area contributed by atoms with Crippen molar-refractivity contribution in [2.24, 2.45) is 0 Å². The van der Waals surface area contributed by atoms with E-state index in [1.807, 2.05) is 60.7 Å². The van der Waals surface area contributed by atoms with Gasteiger partial charge in [-0.15, -0.1) is 0 Å². The summed E-state index contributed by atoms with van der Waals surface area (Å²) in [6.07, 6.45) is 1.75. The first-order valence-corrected chi connectivity index (χ1v) is 9.00. The zero-order valence-electron chi connectivity index (χ0n) is 16.1. The Morgan fingerprint density at radius 2 is 1.57 bits per heavy atom. The van der Waals surface area contributed by atoms with E-state index in [2.05, 4.69) is 10.3 Å². The third kappa shape index (κ3) is 5.54. The summed E-state index contributed by atoms with van der Waals surface area (Å²) in [5.74, 6) is 3.80. The summed E-state index contributed by atoms with van der Waals surface area (Å²) in [5, 5.41) is 3.29. The Labute approximate surface area is 165 Å². The smallest absolute Gasteiger partial charge is 0.128 e. The van der Waals surface area contributed by atoms with Gasteiger partial charge in [0.1, 0.15) is 42.0 Å². The number of aromatic nitrogens is 1. The minimum atomic E-state index is 0.404. The molecule has 0 radical (unpaired) electrons. The van der Waals surface area contributed by atoms with Crippen molar-refractivity contribution in [2.45, 2.75) is 6.54 Å². The molecular formula is C22H24N2O4. The van der Waals surface area contributed by atoms with Gasteiger partial charge >= 0.3 is 0 Å². The van der Waals surface area contributed by atoms with E-state index in [0.29, 0.717) is 19.8 Å². The summed E-state index contributed by atoms with van der Waals surface area (Å²) >= 11 is 0. The predicted octanol–water partition coefficient (Wildman–Crippen LogP) is 4.17. The predicted molar refractivity (Wildman–Crippen MR) is 109 cm³/mol. The van der Waals surface area contributed by atoms with E-state index >= 15 is 0 Å². The van der Waals surface area contributed by atoms with Crippen LogP contribution >= 0.6 is 0 Å². The van der Waals surface area contributed by atoms with E-state index in [1.54, 1.807) is 20.4 Å². The second kappa shape index (κ2) is 10.1. The maximum atomic E-state index is 5.95. The normalized spacial score (nSPS) is 10.2. The van der Waals surface area contributed by atoms with Gasteiger partial charge in [-0.1, -0.05) is 12.1 Å². The first-order chi connectivity index (χ1) is 13.8. The Morgan fingerprint density at radius 3 is 2.36 bits per heavy atom. The van der Waals surface area contributed by atoms with Crippen LogP contribution in [0.5, 0.6) is 23.0 Å². The van der Waals surface area contributed by atoms with Crippen LogP contribution in [0.2, 0.25) is 0 Å². The molecule has 1 aromatic heterocycles. The number of anilines is 1. The Hall–Kier alpha value is -3.41. The number of methoxy groups -OCH3 is 2. The van der Waals surface area contributed by atoms with Crippen LogP contribution in [0.25, 0.3) is 0 Å². The average Bonchev–Trinajstić information content (AvgIpc) is 2.76. The van der Waals surface area contributed by atoms with Gasteiger partial charge in [-0.3, -0.25) is 0 Å². The molecule has 0 fully saturated rings. The average molecular weight is 380 g/mol. The van der Waals surface area contributed by atoms with Crippen molar-refractivity contribution in [2.75, 3.05) is 32.8 Å². The lowest BCUT2D eigenvalue weighted by Crippen LogP contribution is -2.11. The van der Waals surface area contributed by atoms with Crippen molar-refractivity contribution in [3.63, 3.8) is 0 Å². The monoisotopic (exact) mass is 380 g/mol. The Balaban J connectivity index is 1.58. The van der Waals surface area contributed by atoms with Crippen LogP contribution in [0.4, 0.5) is 5.82 Å². The van der Waals surface area contributed by atoms with E-state index in [0.717, 1.165) is 34.4 Å². The van der Waals surface area contributed by atoms with Crippen molar-refractivity contribution in [1.29, 1.82) is 0 Å². The topological polar surface area (TPSA) is 61.8 Å². The summed E-state index contributed by atoms with van der Waals surface area (Å²) in [4.78, 5) is 4.27. The zero-order chi connectivity index (χ0) is 19.6. The molecule has 3 aromatic rings. The molecule has 0 unspecified atom stereocenters. The van der Waals surface area contributed by atoms with Crippen molar-refractivity contribution in [3.8, 4) is 23.0 Å². The van der Waals surface area contributed by atoms with Crippen molar-refractivity contribution in [3.05, 3.63) is 72.4 Å². The number of pyridine rings is 1. The molecule has 6 nitrogen and oxygen atoms in total. The molecule has 6 heteroatoms. The maximum absolute atomic E-state index is 5.95. The molecule has 0 amide bonds. The fourth-order valence-corrected chi connectivity index (χ4v) is 2.60. The molecule has 1 N–H and O–H groups in total. The lowest BCUT2D eigenvalue weighted by atomic mass is 10.2. The standard InChI is InChI=1S/C22H24N2O4/c1-25-18-6-5-7-20(14-18)27-12-13-28-21-15-19(26-2)10-9-17(21)16-24-22-8-3-4-11-23-22/h3-11,14-15H,12-13,16H2,1-2H3,(H,23,24). The van der Waals surface area contributed by atoms with Gasteiger partial charge in [-0.25, -0.2) is 4.98 Å². The molecule has 0 spiro atoms. The molecule has 28 heavy (non-hydrogen) atoms. The highest BCUT2D eigenvalue weighted by Crippen LogP contribution is 2.26. The molecule has 0 aliphatic heterocycles. The largest absolute Gasteiger partial charge is 0.497 e. The van der Waals surface area contributed by atoms with E-state index in [9.17, 15) is 0 Å². The van der Waals surface area contributed by atoms with Crippen LogP contribution in [0, 0.1) is 0 Å². The first kappa shape index (κ1) is 19.4. The highest BCUT2D eigenvalue weighted by molar-refractivity contribution is 5.43. The first-order valence-electron chi connectivity index (χ1n) is 9.00. The highest BCUT2D eigenvalue weighted by atomic mass is 16.5. The van der Waals surface area contributed by atoms with Crippen LogP contribution in [-0.2, 0) is 6.54 Å². The number of ether oxygens (including phenoxy) is 4. The van der Waals surface area contributed by atoms with Gasteiger partial charge in [0, 0.05) is 30.4 Å². The number of rotatable bonds is 10. The molecule has 0 atom stereocenters. The molecule has 0 aliphatic rings. The summed E-state index contributed by atoms with van der Waals surface area (Å²) in [7, 11) is 3.27. The van der Waals surface area contributed by atoms with Gasteiger partial charge in [0.2, 0.25) is 0 Å². The highest BCUT2D eigenvalue weighted by Gasteiger charge is 2.07. The van der Waals surface area contributed by atoms with Crippen molar-refractivity contribution in [1.82, 2.24) is 4.98 Å². The molecule has 2 aromatic carbocycles. The van der Waals surface area contributed by atoms with Crippen LogP contribution < -0.4 is 24.3 Å². The van der Waals surface area contributed by atoms with Crippen LogP contribution in [0.3, 0.4) is 0 Å². The van der Waals surface area contributed by atoms with E-state index in [4.69, 9.17) is 18.9 Å². The molecular weight excluding hydrogens is 356 g/mol. The third-order valence-corrected chi connectivity index (χ3v) is 4.05. The van der Waals surface area contributed by atoms with Gasteiger partial charge in [0.25, 0.3) is 0 Å². The lowest BCUT2D eigenvalue weighted by Gasteiger charge is -2.14. The molecule has 146 valence electrons. The SMILES string of the molecule is COc1cccc(OCCOc2cc(OC)ccc2CNc2ccccn2)c1. The molecule has 0 bridgehead atoms. The number of hydrogen-bond acceptors (Lipinski definition) is 6. The molecule has 0 saturated heterocycles. The van der Waals surface area contributed by atoms with Crippen LogP contribution in [-0.4, -0.2) is 32.4 Å². The molecule has 0 aliphatic carbocycles. The summed E-state index contributed by atoms with van der Waals surface area (Å²) < 4.78 is 22.2. The van der Waals surface area contributed by atoms with Gasteiger partial charge in [0.05, 0.1) is 14.2 Å². The number of nitrogens with one attached hydrogen (secondary N) is 1. The summed E-state index contributed by atoms with van der Waals surface area (Å²) in [6.45, 7) is 1.41. The van der Waals surface area contributed by atoms with Crippen LogP contribution in [0.15, 0.2) is 66.9 Å². The zero-order valence-corrected chi connectivity index (χ0v) is 16.1. The third-order valence-electron chi connectivity index (χ3n) is 4.05. The van der Waals surface area contributed by atoms with Gasteiger partial charge in [0.15, 0.2) is 0 Å². The summed E-state index contributed by atoms with van der Waals surface area (Å²) in [6, 6.07) is 19.0. The number of nitrogens with zero attached hydrogens (tertiary/aromatic N) is 1. The molecule has 1 heterocycles. The Bertz CT molecular complexity index is 871. The second-order valence-electron chi connectivity index (χ2n) is 5.92. The Morgan fingerprint density at radius 1 is 0.786 bits per heavy atom. The molecule has 0 saturated carbocycles. The lowest BCUT2D eigenvalue weighted by molar-refractivity contribution is 0.215. The summed E-state index contributed by atoms with van der Waals surface area (Å²) in [5.41, 5.74) is 1.01. The minimum Gasteiger partial charge on any atom is -0.497 e. The van der Waals surface area contributed by atoms with Gasteiger partial charge in [-0.05, 0) is 36.4 Å². The second-order valence-corrected chi connectivity index (χ2v) is 5.92. The fourth-order valence-electron chi connectivity index (χ4n) is 2.60. The van der Waals surface area contributed by atoms with Gasteiger partial charge < -0.3 is 24.3 Å². The van der Waals surface area contributed by atoms with Gasteiger partial charge in [-0.2, -0.15) is 0 Å². The van der Waals surface area contributed by atoms with E-state index < -0.39 is 0 Å². The number of benzene rings is 2. The maximum Gasteiger partial charge on any atom is 0.128 e.